The van der Waals surface area contributed by atoms with Gasteiger partial charge in [-0.1, -0.05) is 22.0 Å². The summed E-state index contributed by atoms with van der Waals surface area (Å²) in [7, 11) is 0. The van der Waals surface area contributed by atoms with Gasteiger partial charge in [0.1, 0.15) is 0 Å². The molecule has 0 unspecified atom stereocenters. The van der Waals surface area contributed by atoms with Crippen LogP contribution in [0, 0.1) is 0 Å². The highest BCUT2D eigenvalue weighted by Crippen LogP contribution is 2.40. The van der Waals surface area contributed by atoms with Crippen LogP contribution in [-0.4, -0.2) is 6.26 Å². The second-order valence-corrected chi connectivity index (χ2v) is 4.02. The molecule has 0 aromatic heterocycles. The monoisotopic (exact) mass is 270 g/mol. The van der Waals surface area contributed by atoms with Gasteiger partial charge in [-0.2, -0.15) is 13.2 Å². The fourth-order valence-corrected chi connectivity index (χ4v) is 2.32. The summed E-state index contributed by atoms with van der Waals surface area (Å²) in [6, 6.07) is 4.44. The van der Waals surface area contributed by atoms with Gasteiger partial charge in [-0.15, -0.1) is 11.8 Å². The lowest BCUT2D eigenvalue weighted by Gasteiger charge is -2.12. The summed E-state index contributed by atoms with van der Waals surface area (Å²) >= 11 is 3.98. The SMILES string of the molecule is CSc1cccc(Br)c1C(F)(F)F. The summed E-state index contributed by atoms with van der Waals surface area (Å²) in [5.74, 6) is 0. The van der Waals surface area contributed by atoms with E-state index in [2.05, 4.69) is 15.9 Å². The van der Waals surface area contributed by atoms with Crippen LogP contribution in [0.25, 0.3) is 0 Å². The predicted octanol–water partition coefficient (Wildman–Crippen LogP) is 4.19. The van der Waals surface area contributed by atoms with Gasteiger partial charge in [0.15, 0.2) is 0 Å². The van der Waals surface area contributed by atoms with Crippen LogP contribution in [-0.2, 0) is 6.18 Å². The lowest BCUT2D eigenvalue weighted by atomic mass is 10.2. The standard InChI is InChI=1S/C8H6BrF3S/c1-13-6-4-2-3-5(9)7(6)8(10,11)12/h2-4H,1H3. The second-order valence-electron chi connectivity index (χ2n) is 2.31. The summed E-state index contributed by atoms with van der Waals surface area (Å²) in [5, 5.41) is 0. The van der Waals surface area contributed by atoms with Gasteiger partial charge in [0.05, 0.1) is 5.56 Å². The van der Waals surface area contributed by atoms with Gasteiger partial charge >= 0.3 is 6.18 Å². The van der Waals surface area contributed by atoms with Crippen LogP contribution in [0.3, 0.4) is 0 Å². The molecule has 1 aromatic carbocycles. The van der Waals surface area contributed by atoms with Crippen molar-refractivity contribution in [1.29, 1.82) is 0 Å². The zero-order chi connectivity index (χ0) is 10.1. The Balaban J connectivity index is 3.32. The molecule has 0 heterocycles. The molecule has 0 bridgehead atoms. The van der Waals surface area contributed by atoms with Crippen LogP contribution in [0.2, 0.25) is 0 Å². The minimum atomic E-state index is -4.29. The zero-order valence-electron chi connectivity index (χ0n) is 6.65. The maximum atomic E-state index is 12.5. The quantitative estimate of drug-likeness (QED) is 0.690. The molecule has 0 radical (unpaired) electrons. The number of benzene rings is 1. The summed E-state index contributed by atoms with van der Waals surface area (Å²) in [4.78, 5) is 0.238. The Morgan fingerprint density at radius 3 is 2.31 bits per heavy atom. The van der Waals surface area contributed by atoms with Crippen molar-refractivity contribution in [2.24, 2.45) is 0 Å². The van der Waals surface area contributed by atoms with E-state index in [1.54, 1.807) is 12.3 Å². The van der Waals surface area contributed by atoms with Gasteiger partial charge < -0.3 is 0 Å². The minimum absolute atomic E-state index is 0.0897. The van der Waals surface area contributed by atoms with E-state index in [0.717, 1.165) is 11.8 Å². The van der Waals surface area contributed by atoms with Crippen molar-refractivity contribution < 1.29 is 13.2 Å². The number of hydrogen-bond donors (Lipinski definition) is 0. The zero-order valence-corrected chi connectivity index (χ0v) is 9.05. The van der Waals surface area contributed by atoms with Crippen LogP contribution < -0.4 is 0 Å². The third kappa shape index (κ3) is 2.40. The Labute approximate surface area is 86.6 Å². The fraction of sp³-hybridized carbons (Fsp3) is 0.250. The predicted molar refractivity (Wildman–Crippen MR) is 50.9 cm³/mol. The molecule has 72 valence electrons. The van der Waals surface area contributed by atoms with Crippen molar-refractivity contribution >= 4 is 27.7 Å². The molecule has 0 aliphatic heterocycles. The number of rotatable bonds is 1. The van der Waals surface area contributed by atoms with E-state index >= 15 is 0 Å². The maximum absolute atomic E-state index is 12.5. The minimum Gasteiger partial charge on any atom is -0.166 e. The van der Waals surface area contributed by atoms with E-state index < -0.39 is 11.7 Å². The third-order valence-corrected chi connectivity index (χ3v) is 2.92. The average molecular weight is 271 g/mol. The second kappa shape index (κ2) is 3.92. The highest BCUT2D eigenvalue weighted by molar-refractivity contribution is 9.10. The molecule has 0 fully saturated rings. The first-order valence-electron chi connectivity index (χ1n) is 3.36. The van der Waals surface area contributed by atoms with Crippen molar-refractivity contribution in [2.45, 2.75) is 11.1 Å². The first-order chi connectivity index (χ1) is 5.96. The molecule has 0 aliphatic carbocycles. The first kappa shape index (κ1) is 10.9. The van der Waals surface area contributed by atoms with Gasteiger partial charge in [0.25, 0.3) is 0 Å². The molecule has 0 saturated heterocycles. The summed E-state index contributed by atoms with van der Waals surface area (Å²) in [5.41, 5.74) is -0.595. The molecule has 0 aliphatic rings. The molecule has 1 aromatic rings. The van der Waals surface area contributed by atoms with Crippen LogP contribution in [0.1, 0.15) is 5.56 Å². The van der Waals surface area contributed by atoms with E-state index in [1.165, 1.54) is 12.1 Å². The van der Waals surface area contributed by atoms with E-state index in [0.29, 0.717) is 0 Å². The van der Waals surface area contributed by atoms with Crippen molar-refractivity contribution in [2.75, 3.05) is 6.26 Å². The molecule has 0 N–H and O–H groups in total. The van der Waals surface area contributed by atoms with Crippen molar-refractivity contribution in [3.63, 3.8) is 0 Å². The molecular formula is C8H6BrF3S. The fourth-order valence-electron chi connectivity index (χ4n) is 0.950. The van der Waals surface area contributed by atoms with Crippen LogP contribution >= 0.6 is 27.7 Å². The molecule has 5 heteroatoms. The lowest BCUT2D eigenvalue weighted by molar-refractivity contribution is -0.140. The Morgan fingerprint density at radius 2 is 1.92 bits per heavy atom. The van der Waals surface area contributed by atoms with Gasteiger partial charge in [-0.05, 0) is 18.4 Å². The molecule has 0 saturated carbocycles. The van der Waals surface area contributed by atoms with E-state index in [1.807, 2.05) is 0 Å². The first-order valence-corrected chi connectivity index (χ1v) is 5.38. The number of thioether (sulfide) groups is 1. The smallest absolute Gasteiger partial charge is 0.166 e. The Kier molecular flexibility index (Phi) is 3.29. The van der Waals surface area contributed by atoms with Crippen LogP contribution in [0.15, 0.2) is 27.6 Å². The highest BCUT2D eigenvalue weighted by atomic mass is 79.9. The van der Waals surface area contributed by atoms with E-state index in [-0.39, 0.29) is 9.37 Å². The third-order valence-electron chi connectivity index (χ3n) is 1.48. The Hall–Kier alpha value is -0.160. The highest BCUT2D eigenvalue weighted by Gasteiger charge is 2.35. The number of alkyl halides is 3. The largest absolute Gasteiger partial charge is 0.418 e. The van der Waals surface area contributed by atoms with Gasteiger partial charge in [0, 0.05) is 9.37 Å². The number of halogens is 4. The van der Waals surface area contributed by atoms with Gasteiger partial charge in [-0.3, -0.25) is 0 Å². The molecule has 13 heavy (non-hydrogen) atoms. The molecule has 0 nitrogen and oxygen atoms in total. The normalized spacial score (nSPS) is 11.8. The summed E-state index contributed by atoms with van der Waals surface area (Å²) in [6.45, 7) is 0. The summed E-state index contributed by atoms with van der Waals surface area (Å²) < 4.78 is 37.4. The topological polar surface area (TPSA) is 0 Å². The molecular weight excluding hydrogens is 265 g/mol. The molecule has 0 amide bonds. The van der Waals surface area contributed by atoms with Gasteiger partial charge in [-0.25, -0.2) is 0 Å². The summed E-state index contributed by atoms with van der Waals surface area (Å²) in [6.07, 6.45) is -2.67. The van der Waals surface area contributed by atoms with E-state index in [4.69, 9.17) is 0 Å². The number of hydrogen-bond acceptors (Lipinski definition) is 1. The van der Waals surface area contributed by atoms with Gasteiger partial charge in [0.2, 0.25) is 0 Å². The van der Waals surface area contributed by atoms with Crippen molar-refractivity contribution in [3.05, 3.63) is 28.2 Å². The lowest BCUT2D eigenvalue weighted by Crippen LogP contribution is -2.07. The average Bonchev–Trinajstić information content (AvgIpc) is 2.01. The van der Waals surface area contributed by atoms with Crippen molar-refractivity contribution in [1.82, 2.24) is 0 Å². The molecule has 0 atom stereocenters. The molecule has 0 spiro atoms. The Bertz CT molecular complexity index is 309. The maximum Gasteiger partial charge on any atom is 0.418 e. The Morgan fingerprint density at radius 1 is 1.31 bits per heavy atom. The molecule has 1 rings (SSSR count). The van der Waals surface area contributed by atoms with E-state index in [9.17, 15) is 13.2 Å². The van der Waals surface area contributed by atoms with Crippen molar-refractivity contribution in [3.8, 4) is 0 Å². The van der Waals surface area contributed by atoms with Crippen LogP contribution in [0.4, 0.5) is 13.2 Å². The van der Waals surface area contributed by atoms with Crippen LogP contribution in [0.5, 0.6) is 0 Å².